The fourth-order valence-electron chi connectivity index (χ4n) is 3.37. The molecule has 0 spiro atoms. The van der Waals surface area contributed by atoms with Gasteiger partial charge in [-0.05, 0) is 43.1 Å². The molecule has 1 saturated heterocycles. The predicted molar refractivity (Wildman–Crippen MR) is 119 cm³/mol. The number of anilines is 2. The average Bonchev–Trinajstić information content (AvgIpc) is 2.74. The minimum Gasteiger partial charge on any atom is -0.398 e. The standard InChI is InChI=1S/C22H30N6O/c23-20-9-2-1-8-19(20)22(25)21(24)16-28(26)18-7-3-5-17(15-18)6-4-10-27-11-13-29-14-12-27/h1-3,5,7-9,15-16,25H,4,6,10-14,23-24,26H2/b21-16-,25-22?. The maximum Gasteiger partial charge on any atom is 0.0877 e. The molecule has 7 N–H and O–H groups in total. The second-order valence-corrected chi connectivity index (χ2v) is 7.18. The summed E-state index contributed by atoms with van der Waals surface area (Å²) in [6.07, 6.45) is 3.63. The molecule has 2 aromatic rings. The largest absolute Gasteiger partial charge is 0.398 e. The number of para-hydroxylation sites is 1. The highest BCUT2D eigenvalue weighted by Crippen LogP contribution is 2.18. The van der Waals surface area contributed by atoms with Crippen molar-refractivity contribution in [2.24, 2.45) is 11.6 Å². The SMILES string of the molecule is N=C(/C(N)=C/N(N)c1cccc(CCCN2CCOCC2)c1)c1ccccc1N. The molecule has 1 heterocycles. The van der Waals surface area contributed by atoms with Crippen LogP contribution < -0.4 is 22.3 Å². The van der Waals surface area contributed by atoms with Crippen molar-refractivity contribution in [1.82, 2.24) is 4.90 Å². The number of nitrogen functional groups attached to an aromatic ring is 1. The van der Waals surface area contributed by atoms with Gasteiger partial charge >= 0.3 is 0 Å². The van der Waals surface area contributed by atoms with Crippen LogP contribution in [0.25, 0.3) is 0 Å². The first-order valence-electron chi connectivity index (χ1n) is 9.88. The molecule has 0 aliphatic carbocycles. The first-order valence-corrected chi connectivity index (χ1v) is 9.88. The van der Waals surface area contributed by atoms with Crippen LogP contribution in [0.3, 0.4) is 0 Å². The minimum atomic E-state index is 0.153. The van der Waals surface area contributed by atoms with Gasteiger partial charge in [0.2, 0.25) is 0 Å². The second kappa shape index (κ2) is 10.1. The summed E-state index contributed by atoms with van der Waals surface area (Å²) in [4.78, 5) is 2.44. The number of aryl methyl sites for hydroxylation is 1. The molecule has 7 nitrogen and oxygen atoms in total. The highest BCUT2D eigenvalue weighted by atomic mass is 16.5. The average molecular weight is 395 g/mol. The molecule has 2 aromatic carbocycles. The topological polar surface area (TPSA) is 118 Å². The molecular weight excluding hydrogens is 364 g/mol. The summed E-state index contributed by atoms with van der Waals surface area (Å²) in [6.45, 7) is 4.75. The summed E-state index contributed by atoms with van der Waals surface area (Å²) in [5.41, 5.74) is 15.6. The number of hydrogen-bond donors (Lipinski definition) is 4. The smallest absolute Gasteiger partial charge is 0.0877 e. The van der Waals surface area contributed by atoms with E-state index in [0.717, 1.165) is 51.4 Å². The van der Waals surface area contributed by atoms with Crippen molar-refractivity contribution in [2.45, 2.75) is 12.8 Å². The molecule has 1 aliphatic rings. The van der Waals surface area contributed by atoms with Gasteiger partial charge in [0, 0.05) is 30.5 Å². The number of nitrogens with zero attached hydrogens (tertiary/aromatic N) is 2. The lowest BCUT2D eigenvalue weighted by molar-refractivity contribution is 0.0375. The Labute approximate surface area is 172 Å². The molecule has 0 radical (unpaired) electrons. The highest BCUT2D eigenvalue weighted by Gasteiger charge is 2.11. The zero-order valence-corrected chi connectivity index (χ0v) is 16.7. The van der Waals surface area contributed by atoms with Crippen molar-refractivity contribution >= 4 is 17.1 Å². The van der Waals surface area contributed by atoms with E-state index >= 15 is 0 Å². The molecule has 1 aliphatic heterocycles. The third kappa shape index (κ3) is 5.80. The third-order valence-electron chi connectivity index (χ3n) is 5.05. The van der Waals surface area contributed by atoms with Crippen molar-refractivity contribution in [3.8, 4) is 0 Å². The van der Waals surface area contributed by atoms with Crippen LogP contribution in [-0.4, -0.2) is 43.5 Å². The number of benzene rings is 2. The maximum atomic E-state index is 8.29. The Balaban J connectivity index is 1.60. The molecule has 0 bridgehead atoms. The Morgan fingerprint density at radius 2 is 1.90 bits per heavy atom. The first kappa shape index (κ1) is 20.9. The minimum absolute atomic E-state index is 0.153. The molecule has 154 valence electrons. The number of nitrogens with one attached hydrogen (secondary N) is 1. The van der Waals surface area contributed by atoms with E-state index in [1.807, 2.05) is 24.3 Å². The van der Waals surface area contributed by atoms with Crippen LogP contribution in [0, 0.1) is 5.41 Å². The molecular formula is C22H30N6O. The maximum absolute atomic E-state index is 8.29. The van der Waals surface area contributed by atoms with E-state index in [0.29, 0.717) is 11.3 Å². The van der Waals surface area contributed by atoms with Gasteiger partial charge in [0.25, 0.3) is 0 Å². The van der Waals surface area contributed by atoms with Gasteiger partial charge in [-0.15, -0.1) is 0 Å². The monoisotopic (exact) mass is 394 g/mol. The molecule has 0 amide bonds. The van der Waals surface area contributed by atoms with Crippen LogP contribution in [0.5, 0.6) is 0 Å². The second-order valence-electron chi connectivity index (χ2n) is 7.18. The Kier molecular flexibility index (Phi) is 7.24. The molecule has 0 aromatic heterocycles. The summed E-state index contributed by atoms with van der Waals surface area (Å²) in [6, 6.07) is 15.3. The third-order valence-corrected chi connectivity index (χ3v) is 5.05. The van der Waals surface area contributed by atoms with E-state index in [9.17, 15) is 0 Å². The number of ether oxygens (including phenoxy) is 1. The van der Waals surface area contributed by atoms with Gasteiger partial charge in [0.05, 0.1) is 30.3 Å². The van der Waals surface area contributed by atoms with Gasteiger partial charge in [-0.3, -0.25) is 15.3 Å². The van der Waals surface area contributed by atoms with Crippen LogP contribution in [-0.2, 0) is 11.2 Å². The summed E-state index contributed by atoms with van der Waals surface area (Å²) < 4.78 is 5.39. The van der Waals surface area contributed by atoms with Crippen LogP contribution in [0.4, 0.5) is 11.4 Å². The van der Waals surface area contributed by atoms with Gasteiger partial charge in [-0.2, -0.15) is 0 Å². The Bertz CT molecular complexity index is 860. The molecule has 0 unspecified atom stereocenters. The van der Waals surface area contributed by atoms with Crippen molar-refractivity contribution in [3.63, 3.8) is 0 Å². The Morgan fingerprint density at radius 3 is 2.66 bits per heavy atom. The lowest BCUT2D eigenvalue weighted by Gasteiger charge is -2.26. The van der Waals surface area contributed by atoms with E-state index in [-0.39, 0.29) is 11.4 Å². The van der Waals surface area contributed by atoms with Crippen molar-refractivity contribution in [1.29, 1.82) is 5.41 Å². The van der Waals surface area contributed by atoms with Crippen LogP contribution in [0.1, 0.15) is 17.5 Å². The molecule has 1 fully saturated rings. The van der Waals surface area contributed by atoms with Crippen molar-refractivity contribution < 1.29 is 4.74 Å². The lowest BCUT2D eigenvalue weighted by Crippen LogP contribution is -2.36. The number of rotatable bonds is 8. The van der Waals surface area contributed by atoms with E-state index in [4.69, 9.17) is 27.5 Å². The predicted octanol–water partition coefficient (Wildman–Crippen LogP) is 2.08. The van der Waals surface area contributed by atoms with Crippen molar-refractivity contribution in [2.75, 3.05) is 43.6 Å². The molecule has 0 atom stereocenters. The number of nitrogens with two attached hydrogens (primary N) is 3. The van der Waals surface area contributed by atoms with E-state index in [2.05, 4.69) is 17.0 Å². The van der Waals surface area contributed by atoms with Gasteiger partial charge < -0.3 is 16.2 Å². The van der Waals surface area contributed by atoms with E-state index in [1.54, 1.807) is 18.3 Å². The zero-order chi connectivity index (χ0) is 20.6. The van der Waals surface area contributed by atoms with Crippen molar-refractivity contribution in [3.05, 3.63) is 71.6 Å². The molecule has 3 rings (SSSR count). The number of hydrogen-bond acceptors (Lipinski definition) is 7. The van der Waals surface area contributed by atoms with Crippen LogP contribution in [0.2, 0.25) is 0 Å². The Hall–Kier alpha value is -2.87. The molecule has 29 heavy (non-hydrogen) atoms. The lowest BCUT2D eigenvalue weighted by atomic mass is 10.1. The van der Waals surface area contributed by atoms with Crippen LogP contribution in [0.15, 0.2) is 60.4 Å². The molecule has 7 heteroatoms. The number of morpholine rings is 1. The summed E-state index contributed by atoms with van der Waals surface area (Å²) in [7, 11) is 0. The number of hydrazine groups is 1. The summed E-state index contributed by atoms with van der Waals surface area (Å²) in [5.74, 6) is 6.19. The Morgan fingerprint density at radius 1 is 1.14 bits per heavy atom. The normalized spacial score (nSPS) is 15.3. The summed E-state index contributed by atoms with van der Waals surface area (Å²) in [5, 5.41) is 9.75. The fourth-order valence-corrected chi connectivity index (χ4v) is 3.37. The van der Waals surface area contributed by atoms with E-state index < -0.39 is 0 Å². The van der Waals surface area contributed by atoms with Gasteiger partial charge in [0.1, 0.15) is 0 Å². The van der Waals surface area contributed by atoms with E-state index in [1.165, 1.54) is 10.6 Å². The zero-order valence-electron chi connectivity index (χ0n) is 16.7. The summed E-state index contributed by atoms with van der Waals surface area (Å²) >= 11 is 0. The fraction of sp³-hybridized carbons (Fsp3) is 0.318. The quantitative estimate of drug-likeness (QED) is 0.236. The number of allylic oxidation sites excluding steroid dienone is 1. The van der Waals surface area contributed by atoms with Gasteiger partial charge in [0.15, 0.2) is 0 Å². The van der Waals surface area contributed by atoms with Crippen LogP contribution >= 0.6 is 0 Å². The molecule has 0 saturated carbocycles. The first-order chi connectivity index (χ1) is 14.0. The highest BCUT2D eigenvalue weighted by molar-refractivity contribution is 6.13. The van der Waals surface area contributed by atoms with Gasteiger partial charge in [-0.1, -0.05) is 30.3 Å². The van der Waals surface area contributed by atoms with Gasteiger partial charge in [-0.25, -0.2) is 5.84 Å².